The molecule has 116 valence electrons. The monoisotopic (exact) mass is 301 g/mol. The van der Waals surface area contributed by atoms with Gasteiger partial charge < -0.3 is 9.80 Å². The van der Waals surface area contributed by atoms with Gasteiger partial charge in [-0.1, -0.05) is 0 Å². The quantitative estimate of drug-likeness (QED) is 0.799. The van der Waals surface area contributed by atoms with Gasteiger partial charge in [-0.15, -0.1) is 10.2 Å². The second-order valence-electron chi connectivity index (χ2n) is 6.03. The fourth-order valence-electron chi connectivity index (χ4n) is 3.01. The standard InChI is InChI=1S/C14H19N7O/c1-18-8-10(7-15-18)13-16-17-14(19(13)2)20-5-6-21(11-3-4-11)12(22)9-20/h7-8,11H,3-6,9H2,1-2H3. The Bertz CT molecular complexity index is 715. The van der Waals surface area contributed by atoms with E-state index < -0.39 is 0 Å². The maximum atomic E-state index is 12.3. The van der Waals surface area contributed by atoms with Crippen molar-refractivity contribution in [3.63, 3.8) is 0 Å². The summed E-state index contributed by atoms with van der Waals surface area (Å²) in [5.74, 6) is 1.70. The van der Waals surface area contributed by atoms with E-state index in [0.29, 0.717) is 12.6 Å². The molecule has 0 unspecified atom stereocenters. The average molecular weight is 301 g/mol. The zero-order valence-corrected chi connectivity index (χ0v) is 12.8. The minimum atomic E-state index is 0.194. The highest BCUT2D eigenvalue weighted by Crippen LogP contribution is 2.29. The molecule has 2 aromatic heterocycles. The van der Waals surface area contributed by atoms with Gasteiger partial charge in [0.25, 0.3) is 0 Å². The molecule has 8 nitrogen and oxygen atoms in total. The summed E-state index contributed by atoms with van der Waals surface area (Å²) in [4.78, 5) is 16.3. The smallest absolute Gasteiger partial charge is 0.242 e. The molecular weight excluding hydrogens is 282 g/mol. The van der Waals surface area contributed by atoms with E-state index in [-0.39, 0.29) is 5.91 Å². The largest absolute Gasteiger partial charge is 0.336 e. The molecular formula is C14H19N7O. The van der Waals surface area contributed by atoms with Crippen LogP contribution in [0.3, 0.4) is 0 Å². The molecule has 4 rings (SSSR count). The molecule has 1 aliphatic heterocycles. The zero-order chi connectivity index (χ0) is 15.3. The van der Waals surface area contributed by atoms with Crippen molar-refractivity contribution in [3.8, 4) is 11.4 Å². The fourth-order valence-corrected chi connectivity index (χ4v) is 3.01. The van der Waals surface area contributed by atoms with Gasteiger partial charge in [-0.05, 0) is 12.8 Å². The molecule has 22 heavy (non-hydrogen) atoms. The lowest BCUT2D eigenvalue weighted by atomic mass is 10.3. The van der Waals surface area contributed by atoms with Crippen LogP contribution in [-0.4, -0.2) is 61.0 Å². The summed E-state index contributed by atoms with van der Waals surface area (Å²) in [7, 11) is 3.80. The molecule has 2 aliphatic rings. The Balaban J connectivity index is 1.56. The Kier molecular flexibility index (Phi) is 2.91. The Hall–Kier alpha value is -2.38. The second kappa shape index (κ2) is 4.82. The van der Waals surface area contributed by atoms with E-state index in [2.05, 4.69) is 15.3 Å². The molecule has 1 saturated carbocycles. The van der Waals surface area contributed by atoms with Crippen LogP contribution in [0, 0.1) is 0 Å². The molecule has 0 atom stereocenters. The van der Waals surface area contributed by atoms with Crippen molar-refractivity contribution in [2.24, 2.45) is 14.1 Å². The molecule has 3 heterocycles. The molecule has 2 fully saturated rings. The lowest BCUT2D eigenvalue weighted by Gasteiger charge is -2.34. The Morgan fingerprint density at radius 1 is 1.18 bits per heavy atom. The van der Waals surface area contributed by atoms with Crippen LogP contribution >= 0.6 is 0 Å². The van der Waals surface area contributed by atoms with E-state index in [1.807, 2.05) is 34.7 Å². The molecule has 0 N–H and O–H groups in total. The highest BCUT2D eigenvalue weighted by atomic mass is 16.2. The van der Waals surface area contributed by atoms with Crippen LogP contribution in [0.4, 0.5) is 5.95 Å². The van der Waals surface area contributed by atoms with E-state index in [4.69, 9.17) is 0 Å². The number of aryl methyl sites for hydroxylation is 1. The van der Waals surface area contributed by atoms with Gasteiger partial charge in [-0.25, -0.2) is 0 Å². The van der Waals surface area contributed by atoms with Gasteiger partial charge in [0, 0.05) is 39.4 Å². The van der Waals surface area contributed by atoms with Crippen molar-refractivity contribution in [1.82, 2.24) is 29.4 Å². The lowest BCUT2D eigenvalue weighted by molar-refractivity contribution is -0.131. The molecule has 0 aromatic carbocycles. The summed E-state index contributed by atoms with van der Waals surface area (Å²) in [6.07, 6.45) is 5.98. The predicted molar refractivity (Wildman–Crippen MR) is 80.2 cm³/mol. The summed E-state index contributed by atoms with van der Waals surface area (Å²) in [5, 5.41) is 12.7. The van der Waals surface area contributed by atoms with Crippen LogP contribution in [0.25, 0.3) is 11.4 Å². The molecule has 8 heteroatoms. The topological polar surface area (TPSA) is 72.1 Å². The first-order chi connectivity index (χ1) is 10.6. The van der Waals surface area contributed by atoms with Gasteiger partial charge in [-0.3, -0.25) is 14.0 Å². The molecule has 1 aliphatic carbocycles. The van der Waals surface area contributed by atoms with Crippen LogP contribution < -0.4 is 4.90 Å². The van der Waals surface area contributed by atoms with Crippen LogP contribution in [-0.2, 0) is 18.9 Å². The number of rotatable bonds is 3. The number of anilines is 1. The van der Waals surface area contributed by atoms with Crippen molar-refractivity contribution in [2.45, 2.75) is 18.9 Å². The van der Waals surface area contributed by atoms with Crippen molar-refractivity contribution >= 4 is 11.9 Å². The summed E-state index contributed by atoms with van der Waals surface area (Å²) in [6.45, 7) is 1.97. The summed E-state index contributed by atoms with van der Waals surface area (Å²) >= 11 is 0. The lowest BCUT2D eigenvalue weighted by Crippen LogP contribution is -2.51. The average Bonchev–Trinajstić information content (AvgIpc) is 3.13. The number of hydrogen-bond donors (Lipinski definition) is 0. The fraction of sp³-hybridized carbons (Fsp3) is 0.571. The first kappa shape index (κ1) is 13.3. The Morgan fingerprint density at radius 2 is 2.00 bits per heavy atom. The number of nitrogens with zero attached hydrogens (tertiary/aromatic N) is 7. The predicted octanol–water partition coefficient (Wildman–Crippen LogP) is 0.0266. The number of aromatic nitrogens is 5. The second-order valence-corrected chi connectivity index (χ2v) is 6.03. The summed E-state index contributed by atoms with van der Waals surface area (Å²) in [6, 6.07) is 0.486. The maximum absolute atomic E-state index is 12.3. The van der Waals surface area contributed by atoms with Crippen molar-refractivity contribution in [2.75, 3.05) is 24.5 Å². The van der Waals surface area contributed by atoms with E-state index in [0.717, 1.165) is 43.3 Å². The Labute approximate surface area is 128 Å². The SMILES string of the molecule is Cn1cc(-c2nnc(N3CCN(C4CC4)C(=O)C3)n2C)cn1. The normalized spacial score (nSPS) is 19.1. The van der Waals surface area contributed by atoms with Crippen molar-refractivity contribution in [1.29, 1.82) is 0 Å². The first-order valence-corrected chi connectivity index (χ1v) is 7.56. The molecule has 0 radical (unpaired) electrons. The van der Waals surface area contributed by atoms with Gasteiger partial charge in [0.2, 0.25) is 11.9 Å². The van der Waals surface area contributed by atoms with E-state index >= 15 is 0 Å². The van der Waals surface area contributed by atoms with Crippen molar-refractivity contribution < 1.29 is 4.79 Å². The van der Waals surface area contributed by atoms with Gasteiger partial charge in [0.05, 0.1) is 18.3 Å². The minimum absolute atomic E-state index is 0.194. The third kappa shape index (κ3) is 2.15. The maximum Gasteiger partial charge on any atom is 0.242 e. The molecule has 2 aromatic rings. The zero-order valence-electron chi connectivity index (χ0n) is 12.8. The van der Waals surface area contributed by atoms with Gasteiger partial charge in [0.15, 0.2) is 5.82 Å². The molecule has 0 spiro atoms. The molecule has 1 saturated heterocycles. The first-order valence-electron chi connectivity index (χ1n) is 7.56. The summed E-state index contributed by atoms with van der Waals surface area (Å²) in [5.41, 5.74) is 0.923. The van der Waals surface area contributed by atoms with E-state index in [1.165, 1.54) is 0 Å². The number of amides is 1. The third-order valence-electron chi connectivity index (χ3n) is 4.34. The van der Waals surface area contributed by atoms with Gasteiger partial charge in [0.1, 0.15) is 0 Å². The number of carbonyl (C=O) groups is 1. The molecule has 1 amide bonds. The van der Waals surface area contributed by atoms with Crippen LogP contribution in [0.1, 0.15) is 12.8 Å². The van der Waals surface area contributed by atoms with E-state index in [1.54, 1.807) is 10.9 Å². The minimum Gasteiger partial charge on any atom is -0.336 e. The number of piperazine rings is 1. The van der Waals surface area contributed by atoms with E-state index in [9.17, 15) is 4.79 Å². The number of carbonyl (C=O) groups excluding carboxylic acids is 1. The molecule has 0 bridgehead atoms. The highest BCUT2D eigenvalue weighted by molar-refractivity contribution is 5.83. The van der Waals surface area contributed by atoms with Gasteiger partial charge in [-0.2, -0.15) is 5.10 Å². The van der Waals surface area contributed by atoms with Crippen molar-refractivity contribution in [3.05, 3.63) is 12.4 Å². The van der Waals surface area contributed by atoms with Crippen LogP contribution in [0.2, 0.25) is 0 Å². The van der Waals surface area contributed by atoms with Crippen LogP contribution in [0.5, 0.6) is 0 Å². The highest BCUT2D eigenvalue weighted by Gasteiger charge is 2.36. The third-order valence-corrected chi connectivity index (χ3v) is 4.34. The summed E-state index contributed by atoms with van der Waals surface area (Å²) < 4.78 is 3.67. The Morgan fingerprint density at radius 3 is 2.64 bits per heavy atom. The van der Waals surface area contributed by atoms with Crippen LogP contribution in [0.15, 0.2) is 12.4 Å². The van der Waals surface area contributed by atoms with Gasteiger partial charge >= 0.3 is 0 Å². The number of hydrogen-bond acceptors (Lipinski definition) is 5.